The van der Waals surface area contributed by atoms with Crippen LogP contribution in [0.25, 0.3) is 0 Å². The van der Waals surface area contributed by atoms with Gasteiger partial charge < -0.3 is 5.11 Å². The van der Waals surface area contributed by atoms with Crippen molar-refractivity contribution in [2.24, 2.45) is 0 Å². The summed E-state index contributed by atoms with van der Waals surface area (Å²) in [5, 5.41) is 8.61. The molecule has 0 aromatic heterocycles. The Balaban J connectivity index is 2.99. The maximum Gasteiger partial charge on any atom is 0.389 e. The van der Waals surface area contributed by atoms with Crippen LogP contribution in [-0.2, 0) is 0 Å². The van der Waals surface area contributed by atoms with Crippen LogP contribution in [0.3, 0.4) is 0 Å². The lowest BCUT2D eigenvalue weighted by atomic mass is 10.1. The summed E-state index contributed by atoms with van der Waals surface area (Å²) in [5.74, 6) is 1.06. The Morgan fingerprint density at radius 3 is 1.63 bits per heavy atom. The molecule has 0 bridgehead atoms. The second-order valence-corrected chi connectivity index (χ2v) is 6.11. The van der Waals surface area contributed by atoms with Gasteiger partial charge in [-0.25, -0.2) is 0 Å². The van der Waals surface area contributed by atoms with Crippen LogP contribution in [-0.4, -0.2) is 29.4 Å². The number of alkyl halides is 3. The molecule has 0 radical (unpaired) electrons. The fourth-order valence-corrected chi connectivity index (χ4v) is 2.83. The third-order valence-corrected chi connectivity index (χ3v) is 4.05. The van der Waals surface area contributed by atoms with E-state index in [4.69, 9.17) is 5.11 Å². The van der Waals surface area contributed by atoms with E-state index in [1.165, 1.54) is 43.9 Å². The maximum atomic E-state index is 11.9. The number of hydrogen-bond donors (Lipinski definition) is 1. The molecule has 0 aromatic rings. The van der Waals surface area contributed by atoms with Crippen molar-refractivity contribution in [1.82, 2.24) is 0 Å². The molecule has 0 heterocycles. The number of aliphatic hydroxyl groups excluding tert-OH is 1. The van der Waals surface area contributed by atoms with Gasteiger partial charge in [-0.05, 0) is 18.6 Å². The smallest absolute Gasteiger partial charge is 0.389 e. The van der Waals surface area contributed by atoms with Crippen LogP contribution >= 0.6 is 11.8 Å². The van der Waals surface area contributed by atoms with E-state index in [0.29, 0.717) is 6.61 Å². The van der Waals surface area contributed by atoms with E-state index in [9.17, 15) is 13.2 Å². The highest BCUT2D eigenvalue weighted by Gasteiger charge is 2.25. The first-order valence-electron chi connectivity index (χ1n) is 7.31. The van der Waals surface area contributed by atoms with Crippen LogP contribution < -0.4 is 0 Å². The number of unbranched alkanes of at least 4 members (excludes halogenated alkanes) is 8. The summed E-state index contributed by atoms with van der Waals surface area (Å²) in [4.78, 5) is 0. The van der Waals surface area contributed by atoms with Gasteiger partial charge in [0.2, 0.25) is 0 Å². The molecule has 1 nitrogen and oxygen atoms in total. The normalized spacial score (nSPS) is 12.0. The van der Waals surface area contributed by atoms with Gasteiger partial charge in [0, 0.05) is 12.4 Å². The molecule has 0 aliphatic rings. The Labute approximate surface area is 119 Å². The van der Waals surface area contributed by atoms with Crippen molar-refractivity contribution in [2.45, 2.75) is 70.4 Å². The first-order chi connectivity index (χ1) is 9.06. The quantitative estimate of drug-likeness (QED) is 0.473. The number of halogens is 3. The summed E-state index contributed by atoms with van der Waals surface area (Å²) < 4.78 is 35.6. The molecule has 1 N–H and O–H groups in total. The van der Waals surface area contributed by atoms with E-state index in [0.717, 1.165) is 31.4 Å². The van der Waals surface area contributed by atoms with Crippen LogP contribution in [0.4, 0.5) is 13.2 Å². The van der Waals surface area contributed by atoms with Crippen LogP contribution in [0.1, 0.15) is 64.2 Å². The summed E-state index contributed by atoms with van der Waals surface area (Å²) in [5.41, 5.74) is 0. The number of aliphatic hydroxyl groups is 1. The fourth-order valence-electron chi connectivity index (χ4n) is 1.84. The average Bonchev–Trinajstić information content (AvgIpc) is 2.34. The molecule has 0 aliphatic heterocycles. The van der Waals surface area contributed by atoms with Gasteiger partial charge >= 0.3 is 6.18 Å². The van der Waals surface area contributed by atoms with Gasteiger partial charge in [-0.2, -0.15) is 24.9 Å². The largest absolute Gasteiger partial charge is 0.396 e. The molecule has 19 heavy (non-hydrogen) atoms. The van der Waals surface area contributed by atoms with E-state index < -0.39 is 12.6 Å². The van der Waals surface area contributed by atoms with E-state index in [-0.39, 0.29) is 5.75 Å². The summed E-state index contributed by atoms with van der Waals surface area (Å²) in [6.45, 7) is 0.298. The summed E-state index contributed by atoms with van der Waals surface area (Å²) in [6.07, 6.45) is 5.64. The summed E-state index contributed by atoms with van der Waals surface area (Å²) >= 11 is 1.41. The lowest BCUT2D eigenvalue weighted by Crippen LogP contribution is -2.08. The molecule has 116 valence electrons. The Morgan fingerprint density at radius 1 is 0.684 bits per heavy atom. The topological polar surface area (TPSA) is 20.2 Å². The third kappa shape index (κ3) is 18.1. The van der Waals surface area contributed by atoms with Crippen molar-refractivity contribution in [3.05, 3.63) is 0 Å². The predicted molar refractivity (Wildman–Crippen MR) is 76.6 cm³/mol. The molecule has 0 aromatic carbocycles. The Bertz CT molecular complexity index is 186. The van der Waals surface area contributed by atoms with Crippen molar-refractivity contribution < 1.29 is 18.3 Å². The highest BCUT2D eigenvalue weighted by molar-refractivity contribution is 7.99. The first kappa shape index (κ1) is 19.1. The summed E-state index contributed by atoms with van der Waals surface area (Å²) in [6, 6.07) is 0. The molecular weight excluding hydrogens is 273 g/mol. The van der Waals surface area contributed by atoms with E-state index in [1.807, 2.05) is 0 Å². The molecule has 0 unspecified atom stereocenters. The van der Waals surface area contributed by atoms with Crippen molar-refractivity contribution in [1.29, 1.82) is 0 Å². The van der Waals surface area contributed by atoms with Crippen molar-refractivity contribution in [3.8, 4) is 0 Å². The zero-order valence-electron chi connectivity index (χ0n) is 11.7. The molecule has 0 rings (SSSR count). The van der Waals surface area contributed by atoms with Gasteiger partial charge in [0.25, 0.3) is 0 Å². The minimum atomic E-state index is -4.00. The van der Waals surface area contributed by atoms with Crippen LogP contribution in [0, 0.1) is 0 Å². The molecule has 0 spiro atoms. The van der Waals surface area contributed by atoms with Crippen molar-refractivity contribution in [3.63, 3.8) is 0 Å². The highest BCUT2D eigenvalue weighted by atomic mass is 32.2. The lowest BCUT2D eigenvalue weighted by Gasteiger charge is -2.05. The molecule has 0 atom stereocenters. The average molecular weight is 300 g/mol. The Morgan fingerprint density at radius 2 is 1.16 bits per heavy atom. The van der Waals surface area contributed by atoms with Crippen LogP contribution in [0.15, 0.2) is 0 Å². The van der Waals surface area contributed by atoms with Crippen LogP contribution in [0.5, 0.6) is 0 Å². The van der Waals surface area contributed by atoms with E-state index in [2.05, 4.69) is 0 Å². The van der Waals surface area contributed by atoms with Gasteiger partial charge in [0.15, 0.2) is 0 Å². The van der Waals surface area contributed by atoms with Crippen molar-refractivity contribution in [2.75, 3.05) is 18.1 Å². The SMILES string of the molecule is OCCCCCCCCCCCSCCC(F)(F)F. The molecular formula is C14H27F3OS. The molecule has 5 heteroatoms. The van der Waals surface area contributed by atoms with E-state index in [1.54, 1.807) is 0 Å². The monoisotopic (exact) mass is 300 g/mol. The molecule has 0 saturated heterocycles. The molecule has 0 fully saturated rings. The van der Waals surface area contributed by atoms with Crippen molar-refractivity contribution >= 4 is 11.8 Å². The second kappa shape index (κ2) is 13.1. The van der Waals surface area contributed by atoms with Gasteiger partial charge in [0.05, 0.1) is 6.42 Å². The Hall–Kier alpha value is 0.100. The molecule has 0 aliphatic carbocycles. The minimum Gasteiger partial charge on any atom is -0.396 e. The van der Waals surface area contributed by atoms with Crippen LogP contribution in [0.2, 0.25) is 0 Å². The van der Waals surface area contributed by atoms with Gasteiger partial charge in [-0.15, -0.1) is 0 Å². The predicted octanol–water partition coefficient (Wildman–Crippen LogP) is 5.18. The summed E-state index contributed by atoms with van der Waals surface area (Å²) in [7, 11) is 0. The number of hydrogen-bond acceptors (Lipinski definition) is 2. The third-order valence-electron chi connectivity index (χ3n) is 2.98. The first-order valence-corrected chi connectivity index (χ1v) is 8.47. The van der Waals surface area contributed by atoms with Gasteiger partial charge in [0.1, 0.15) is 0 Å². The zero-order valence-corrected chi connectivity index (χ0v) is 12.5. The standard InChI is InChI=1S/C14H27F3OS/c15-14(16,17)10-13-19-12-9-7-5-3-1-2-4-6-8-11-18/h18H,1-13H2. The van der Waals surface area contributed by atoms with Gasteiger partial charge in [-0.1, -0.05) is 44.9 Å². The van der Waals surface area contributed by atoms with Gasteiger partial charge in [-0.3, -0.25) is 0 Å². The minimum absolute atomic E-state index is 0.203. The second-order valence-electron chi connectivity index (χ2n) is 4.88. The maximum absolute atomic E-state index is 11.9. The molecule has 0 amide bonds. The Kier molecular flexibility index (Phi) is 13.2. The fraction of sp³-hybridized carbons (Fsp3) is 1.00. The van der Waals surface area contributed by atoms with E-state index >= 15 is 0 Å². The number of thioether (sulfide) groups is 1. The zero-order chi connectivity index (χ0) is 14.4. The molecule has 0 saturated carbocycles. The highest BCUT2D eigenvalue weighted by Crippen LogP contribution is 2.22. The number of rotatable bonds is 13. The lowest BCUT2D eigenvalue weighted by molar-refractivity contribution is -0.129.